The number of hydrogen-bond acceptors (Lipinski definition) is 5. The summed E-state index contributed by atoms with van der Waals surface area (Å²) in [4.78, 5) is 30.8. The molecule has 15 heavy (non-hydrogen) atoms. The van der Waals surface area contributed by atoms with Crippen LogP contribution >= 0.6 is 0 Å². The van der Waals surface area contributed by atoms with E-state index in [-0.39, 0.29) is 32.5 Å². The molecular weight excluding hydrogens is 204 g/mol. The van der Waals surface area contributed by atoms with Gasteiger partial charge in [0.1, 0.15) is 13.2 Å². The van der Waals surface area contributed by atoms with Crippen molar-refractivity contribution in [2.24, 2.45) is 0 Å². The van der Waals surface area contributed by atoms with E-state index in [4.69, 9.17) is 5.11 Å². The minimum Gasteiger partial charge on any atom is -0.481 e. The molecule has 0 saturated carbocycles. The minimum absolute atomic E-state index is 0.0382. The van der Waals surface area contributed by atoms with Crippen molar-refractivity contribution >= 4 is 18.4 Å². The van der Waals surface area contributed by atoms with Crippen LogP contribution in [0, 0.1) is 0 Å². The molecule has 0 aliphatic carbocycles. The maximum absolute atomic E-state index is 10.9. The number of unbranched alkanes of at least 4 members (excludes halogenated alkanes) is 1. The van der Waals surface area contributed by atoms with Crippen LogP contribution in [0.1, 0.15) is 25.7 Å². The highest BCUT2D eigenvalue weighted by Crippen LogP contribution is 2.01. The molecule has 0 aromatic rings. The first-order valence-electron chi connectivity index (χ1n) is 4.59. The smallest absolute Gasteiger partial charge is 0.305 e. The van der Waals surface area contributed by atoms with Gasteiger partial charge in [0.25, 0.3) is 6.47 Å². The Balaban J connectivity index is 3.25. The Labute approximate surface area is 87.2 Å². The van der Waals surface area contributed by atoms with E-state index in [1.807, 2.05) is 0 Å². The number of carbonyl (C=O) groups is 3. The zero-order chi connectivity index (χ0) is 11.5. The van der Waals surface area contributed by atoms with Crippen LogP contribution in [0.2, 0.25) is 0 Å². The number of hydrogen-bond donors (Lipinski definition) is 1. The van der Waals surface area contributed by atoms with Gasteiger partial charge in [-0.05, 0) is 12.8 Å². The Bertz CT molecular complexity index is 213. The molecule has 0 amide bonds. The monoisotopic (exact) mass is 218 g/mol. The van der Waals surface area contributed by atoms with Crippen LogP contribution < -0.4 is 0 Å². The van der Waals surface area contributed by atoms with Gasteiger partial charge in [0, 0.05) is 12.8 Å². The number of ether oxygens (including phenoxy) is 2. The second-order valence-corrected chi connectivity index (χ2v) is 2.79. The molecule has 0 saturated heterocycles. The van der Waals surface area contributed by atoms with E-state index in [2.05, 4.69) is 9.47 Å². The molecule has 6 nitrogen and oxygen atoms in total. The van der Waals surface area contributed by atoms with Crippen molar-refractivity contribution in [3.8, 4) is 0 Å². The summed E-state index contributed by atoms with van der Waals surface area (Å²) in [7, 11) is 0. The SMILES string of the molecule is O=COCCOC(=O)CCCCC(=O)O. The number of carboxylic acid groups (broad SMARTS) is 1. The molecule has 86 valence electrons. The molecule has 0 rings (SSSR count). The Hall–Kier alpha value is -1.59. The van der Waals surface area contributed by atoms with Gasteiger partial charge < -0.3 is 14.6 Å². The lowest BCUT2D eigenvalue weighted by Gasteiger charge is -2.02. The van der Waals surface area contributed by atoms with Gasteiger partial charge in [0.05, 0.1) is 0 Å². The van der Waals surface area contributed by atoms with Crippen LogP contribution in [0.5, 0.6) is 0 Å². The second kappa shape index (κ2) is 8.98. The highest BCUT2D eigenvalue weighted by molar-refractivity contribution is 5.69. The van der Waals surface area contributed by atoms with Gasteiger partial charge in [0.15, 0.2) is 0 Å². The number of esters is 1. The Morgan fingerprint density at radius 3 is 2.40 bits per heavy atom. The van der Waals surface area contributed by atoms with Gasteiger partial charge in [-0.15, -0.1) is 0 Å². The van der Waals surface area contributed by atoms with E-state index in [9.17, 15) is 14.4 Å². The Morgan fingerprint density at radius 1 is 1.13 bits per heavy atom. The summed E-state index contributed by atoms with van der Waals surface area (Å²) in [5, 5.41) is 8.31. The maximum Gasteiger partial charge on any atom is 0.305 e. The van der Waals surface area contributed by atoms with E-state index >= 15 is 0 Å². The summed E-state index contributed by atoms with van der Waals surface area (Å²) >= 11 is 0. The number of rotatable bonds is 9. The van der Waals surface area contributed by atoms with E-state index in [1.54, 1.807) is 0 Å². The summed E-state index contributed by atoms with van der Waals surface area (Å²) in [6.07, 6.45) is 1.19. The standard InChI is InChI=1S/C9H14O6/c10-7-14-5-6-15-9(13)4-2-1-3-8(11)12/h7H,1-6H2,(H,11,12). The highest BCUT2D eigenvalue weighted by atomic mass is 16.6. The number of carboxylic acids is 1. The average molecular weight is 218 g/mol. The lowest BCUT2D eigenvalue weighted by molar-refractivity contribution is -0.147. The first-order valence-corrected chi connectivity index (χ1v) is 4.59. The van der Waals surface area contributed by atoms with Gasteiger partial charge >= 0.3 is 11.9 Å². The summed E-state index contributed by atoms with van der Waals surface area (Å²) < 4.78 is 8.99. The topological polar surface area (TPSA) is 89.9 Å². The molecule has 1 N–H and O–H groups in total. The largest absolute Gasteiger partial charge is 0.481 e. The third kappa shape index (κ3) is 10.3. The van der Waals surface area contributed by atoms with E-state index in [0.717, 1.165) is 0 Å². The molecule has 0 bridgehead atoms. The van der Waals surface area contributed by atoms with Crippen molar-refractivity contribution in [3.63, 3.8) is 0 Å². The molecule has 0 fully saturated rings. The third-order valence-corrected chi connectivity index (χ3v) is 1.55. The fraction of sp³-hybridized carbons (Fsp3) is 0.667. The molecule has 0 spiro atoms. The van der Waals surface area contributed by atoms with Crippen LogP contribution in [-0.4, -0.2) is 36.7 Å². The molecule has 6 heteroatoms. The van der Waals surface area contributed by atoms with Gasteiger partial charge in [-0.3, -0.25) is 14.4 Å². The van der Waals surface area contributed by atoms with Crippen LogP contribution in [0.25, 0.3) is 0 Å². The van der Waals surface area contributed by atoms with Crippen LogP contribution in [0.3, 0.4) is 0 Å². The van der Waals surface area contributed by atoms with Gasteiger partial charge in [-0.1, -0.05) is 0 Å². The lowest BCUT2D eigenvalue weighted by Crippen LogP contribution is -2.10. The predicted molar refractivity (Wildman–Crippen MR) is 49.1 cm³/mol. The fourth-order valence-corrected chi connectivity index (χ4v) is 0.869. The normalized spacial score (nSPS) is 9.33. The molecule has 0 radical (unpaired) electrons. The number of carbonyl (C=O) groups excluding carboxylic acids is 2. The summed E-state index contributed by atoms with van der Waals surface area (Å²) in [6, 6.07) is 0. The molecule has 0 aromatic carbocycles. The van der Waals surface area contributed by atoms with Crippen LogP contribution in [0.15, 0.2) is 0 Å². The molecule has 0 aromatic heterocycles. The van der Waals surface area contributed by atoms with Crippen molar-refractivity contribution < 1.29 is 29.0 Å². The van der Waals surface area contributed by atoms with Crippen molar-refractivity contribution in [2.45, 2.75) is 25.7 Å². The van der Waals surface area contributed by atoms with Gasteiger partial charge in [-0.2, -0.15) is 0 Å². The summed E-state index contributed by atoms with van der Waals surface area (Å²) in [5.41, 5.74) is 0. The Morgan fingerprint density at radius 2 is 1.80 bits per heavy atom. The minimum atomic E-state index is -0.872. The first kappa shape index (κ1) is 13.4. The molecule has 0 unspecified atom stereocenters. The summed E-state index contributed by atoms with van der Waals surface area (Å²) in [6.45, 7) is 0.363. The van der Waals surface area contributed by atoms with Gasteiger partial charge in [-0.25, -0.2) is 0 Å². The number of aliphatic carboxylic acids is 1. The molecule has 0 aliphatic heterocycles. The average Bonchev–Trinajstić information content (AvgIpc) is 2.19. The summed E-state index contributed by atoms with van der Waals surface area (Å²) in [5.74, 6) is -1.28. The second-order valence-electron chi connectivity index (χ2n) is 2.79. The molecule has 0 atom stereocenters. The van der Waals surface area contributed by atoms with Crippen LogP contribution in [-0.2, 0) is 23.9 Å². The predicted octanol–water partition coefficient (Wildman–Crippen LogP) is 0.348. The highest BCUT2D eigenvalue weighted by Gasteiger charge is 2.03. The van der Waals surface area contributed by atoms with E-state index < -0.39 is 11.9 Å². The van der Waals surface area contributed by atoms with Crippen molar-refractivity contribution in [2.75, 3.05) is 13.2 Å². The van der Waals surface area contributed by atoms with Gasteiger partial charge in [0.2, 0.25) is 0 Å². The fourth-order valence-electron chi connectivity index (χ4n) is 0.869. The van der Waals surface area contributed by atoms with Crippen LogP contribution in [0.4, 0.5) is 0 Å². The third-order valence-electron chi connectivity index (χ3n) is 1.55. The first-order chi connectivity index (χ1) is 7.16. The van der Waals surface area contributed by atoms with E-state index in [1.165, 1.54) is 0 Å². The van der Waals surface area contributed by atoms with Crippen molar-refractivity contribution in [1.82, 2.24) is 0 Å². The zero-order valence-electron chi connectivity index (χ0n) is 8.31. The van der Waals surface area contributed by atoms with E-state index in [0.29, 0.717) is 12.8 Å². The van der Waals surface area contributed by atoms with Crippen molar-refractivity contribution in [3.05, 3.63) is 0 Å². The molecule has 0 heterocycles. The lowest BCUT2D eigenvalue weighted by atomic mass is 10.2. The quantitative estimate of drug-likeness (QED) is 0.341. The molecule has 0 aliphatic rings. The molecular formula is C9H14O6. The zero-order valence-corrected chi connectivity index (χ0v) is 8.31. The Kier molecular flexibility index (Phi) is 8.03. The van der Waals surface area contributed by atoms with Crippen molar-refractivity contribution in [1.29, 1.82) is 0 Å². The maximum atomic E-state index is 10.9.